The van der Waals surface area contributed by atoms with E-state index in [1.165, 1.54) is 11.3 Å². The van der Waals surface area contributed by atoms with Crippen molar-refractivity contribution in [2.24, 2.45) is 0 Å². The van der Waals surface area contributed by atoms with Crippen molar-refractivity contribution in [3.63, 3.8) is 0 Å². The molecule has 0 saturated carbocycles. The van der Waals surface area contributed by atoms with Crippen LogP contribution in [-0.2, 0) is 11.2 Å². The molecule has 3 N–H and O–H groups in total. The lowest BCUT2D eigenvalue weighted by Crippen LogP contribution is -2.30. The Bertz CT molecular complexity index is 566. The van der Waals surface area contributed by atoms with Crippen molar-refractivity contribution in [2.75, 3.05) is 18.9 Å². The van der Waals surface area contributed by atoms with Crippen LogP contribution in [0.1, 0.15) is 11.3 Å². The van der Waals surface area contributed by atoms with Crippen LogP contribution in [0.3, 0.4) is 0 Å². The van der Waals surface area contributed by atoms with Crippen LogP contribution in [0, 0.1) is 6.92 Å². The van der Waals surface area contributed by atoms with Crippen molar-refractivity contribution >= 4 is 22.4 Å². The van der Waals surface area contributed by atoms with Crippen LogP contribution in [0.4, 0.5) is 5.13 Å². The van der Waals surface area contributed by atoms with Gasteiger partial charge in [-0.3, -0.25) is 4.79 Å². The quantitative estimate of drug-likeness (QED) is 0.850. The molecule has 106 valence electrons. The minimum Gasteiger partial charge on any atom is -0.484 e. The van der Waals surface area contributed by atoms with Gasteiger partial charge in [0.1, 0.15) is 5.75 Å². The Labute approximate surface area is 121 Å². The van der Waals surface area contributed by atoms with Crippen molar-refractivity contribution < 1.29 is 9.53 Å². The molecule has 0 aliphatic rings. The van der Waals surface area contributed by atoms with E-state index in [0.29, 0.717) is 23.8 Å². The lowest BCUT2D eigenvalue weighted by molar-refractivity contribution is -0.123. The summed E-state index contributed by atoms with van der Waals surface area (Å²) in [5.41, 5.74) is 7.59. The summed E-state index contributed by atoms with van der Waals surface area (Å²) in [6.07, 6.45) is 0.671. The van der Waals surface area contributed by atoms with Crippen LogP contribution in [0.15, 0.2) is 29.6 Å². The van der Waals surface area contributed by atoms with Crippen LogP contribution in [-0.4, -0.2) is 24.0 Å². The summed E-state index contributed by atoms with van der Waals surface area (Å²) in [7, 11) is 0. The average molecular weight is 291 g/mol. The van der Waals surface area contributed by atoms with Crippen LogP contribution < -0.4 is 15.8 Å². The zero-order chi connectivity index (χ0) is 14.4. The molecule has 1 amide bonds. The normalized spacial score (nSPS) is 10.2. The molecule has 2 aromatic rings. The van der Waals surface area contributed by atoms with Gasteiger partial charge in [-0.25, -0.2) is 4.98 Å². The summed E-state index contributed by atoms with van der Waals surface area (Å²) >= 11 is 1.40. The van der Waals surface area contributed by atoms with Gasteiger partial charge in [-0.05, 0) is 19.1 Å². The Morgan fingerprint density at radius 2 is 2.15 bits per heavy atom. The molecule has 0 spiro atoms. The highest BCUT2D eigenvalue weighted by Crippen LogP contribution is 2.11. The molecule has 5 nitrogen and oxygen atoms in total. The monoisotopic (exact) mass is 291 g/mol. The van der Waals surface area contributed by atoms with Gasteiger partial charge in [-0.1, -0.05) is 17.7 Å². The number of hydrogen-bond donors (Lipinski definition) is 2. The van der Waals surface area contributed by atoms with Crippen molar-refractivity contribution in [3.05, 3.63) is 40.9 Å². The second-order valence-corrected chi connectivity index (χ2v) is 5.27. The zero-order valence-corrected chi connectivity index (χ0v) is 12.1. The van der Waals surface area contributed by atoms with Gasteiger partial charge >= 0.3 is 0 Å². The molecule has 1 aromatic carbocycles. The molecule has 0 bridgehead atoms. The first-order valence-corrected chi connectivity index (χ1v) is 7.17. The van der Waals surface area contributed by atoms with Crippen LogP contribution in [0.2, 0.25) is 0 Å². The average Bonchev–Trinajstić information content (AvgIpc) is 2.84. The summed E-state index contributed by atoms with van der Waals surface area (Å²) in [5.74, 6) is 0.548. The van der Waals surface area contributed by atoms with Crippen LogP contribution in [0.25, 0.3) is 0 Å². The van der Waals surface area contributed by atoms with Gasteiger partial charge < -0.3 is 15.8 Å². The number of ether oxygens (including phenoxy) is 1. The number of benzene rings is 1. The summed E-state index contributed by atoms with van der Waals surface area (Å²) in [4.78, 5) is 15.7. The van der Waals surface area contributed by atoms with Crippen LogP contribution >= 0.6 is 11.3 Å². The van der Waals surface area contributed by atoms with E-state index in [1.807, 2.05) is 36.6 Å². The second kappa shape index (κ2) is 6.91. The Balaban J connectivity index is 1.66. The highest BCUT2D eigenvalue weighted by molar-refractivity contribution is 7.13. The molecule has 0 aliphatic carbocycles. The first-order chi connectivity index (χ1) is 9.63. The summed E-state index contributed by atoms with van der Waals surface area (Å²) in [6.45, 7) is 2.54. The van der Waals surface area contributed by atoms with Gasteiger partial charge in [0.2, 0.25) is 0 Å². The number of anilines is 1. The molecule has 6 heteroatoms. The predicted octanol–water partition coefficient (Wildman–Crippen LogP) is 1.77. The maximum atomic E-state index is 11.6. The number of nitrogens with one attached hydrogen (secondary N) is 1. The number of nitrogens with two attached hydrogens (primary N) is 1. The fourth-order valence-corrected chi connectivity index (χ4v) is 2.20. The van der Waals surface area contributed by atoms with Gasteiger partial charge in [0, 0.05) is 18.3 Å². The molecule has 2 rings (SSSR count). The van der Waals surface area contributed by atoms with E-state index in [0.717, 1.165) is 11.3 Å². The van der Waals surface area contributed by atoms with E-state index < -0.39 is 0 Å². The minimum absolute atomic E-state index is 0.0161. The van der Waals surface area contributed by atoms with Crippen molar-refractivity contribution in [1.29, 1.82) is 0 Å². The van der Waals surface area contributed by atoms with Crippen LogP contribution in [0.5, 0.6) is 5.75 Å². The van der Waals surface area contributed by atoms with Gasteiger partial charge in [0.15, 0.2) is 11.7 Å². The fraction of sp³-hybridized carbons (Fsp3) is 0.286. The van der Waals surface area contributed by atoms with Crippen molar-refractivity contribution in [1.82, 2.24) is 10.3 Å². The number of thiazole rings is 1. The largest absolute Gasteiger partial charge is 0.484 e. The van der Waals surface area contributed by atoms with E-state index >= 15 is 0 Å². The molecule has 0 atom stereocenters. The highest BCUT2D eigenvalue weighted by atomic mass is 32.1. The number of amides is 1. The van der Waals surface area contributed by atoms with Gasteiger partial charge in [0.05, 0.1) is 5.69 Å². The maximum Gasteiger partial charge on any atom is 0.257 e. The summed E-state index contributed by atoms with van der Waals surface area (Å²) in [6, 6.07) is 7.58. The second-order valence-electron chi connectivity index (χ2n) is 4.38. The Morgan fingerprint density at radius 3 is 2.80 bits per heavy atom. The zero-order valence-electron chi connectivity index (χ0n) is 11.3. The van der Waals surface area contributed by atoms with E-state index in [4.69, 9.17) is 10.5 Å². The van der Waals surface area contributed by atoms with E-state index in [-0.39, 0.29) is 12.5 Å². The van der Waals surface area contributed by atoms with Crippen molar-refractivity contribution in [3.8, 4) is 5.75 Å². The third kappa shape index (κ3) is 4.55. The highest BCUT2D eigenvalue weighted by Gasteiger charge is 2.04. The molecule has 0 saturated heterocycles. The number of rotatable bonds is 6. The predicted molar refractivity (Wildman–Crippen MR) is 79.9 cm³/mol. The SMILES string of the molecule is Cc1ccc(OCC(=O)NCCc2csc(N)n2)cc1. The number of nitrogens with zero attached hydrogens (tertiary/aromatic N) is 1. The standard InChI is InChI=1S/C14H17N3O2S/c1-10-2-4-12(5-3-10)19-8-13(18)16-7-6-11-9-20-14(15)17-11/h2-5,9H,6-8H2,1H3,(H2,15,17)(H,16,18). The minimum atomic E-state index is -0.145. The first kappa shape index (κ1) is 14.3. The Kier molecular flexibility index (Phi) is 4.95. The molecule has 0 radical (unpaired) electrons. The number of aromatic nitrogens is 1. The number of carbonyl (C=O) groups excluding carboxylic acids is 1. The number of aryl methyl sites for hydroxylation is 1. The van der Waals surface area contributed by atoms with E-state index in [1.54, 1.807) is 0 Å². The molecular formula is C14H17N3O2S. The number of nitrogen functional groups attached to an aromatic ring is 1. The maximum absolute atomic E-state index is 11.6. The Morgan fingerprint density at radius 1 is 1.40 bits per heavy atom. The number of hydrogen-bond acceptors (Lipinski definition) is 5. The Hall–Kier alpha value is -2.08. The molecule has 1 aromatic heterocycles. The fourth-order valence-electron chi connectivity index (χ4n) is 1.60. The lowest BCUT2D eigenvalue weighted by Gasteiger charge is -2.07. The van der Waals surface area contributed by atoms with E-state index in [2.05, 4.69) is 10.3 Å². The topological polar surface area (TPSA) is 77.2 Å². The van der Waals surface area contributed by atoms with Crippen molar-refractivity contribution in [2.45, 2.75) is 13.3 Å². The van der Waals surface area contributed by atoms with Gasteiger partial charge in [0.25, 0.3) is 5.91 Å². The lowest BCUT2D eigenvalue weighted by atomic mass is 10.2. The molecule has 1 heterocycles. The molecule has 0 aliphatic heterocycles. The molecular weight excluding hydrogens is 274 g/mol. The van der Waals surface area contributed by atoms with E-state index in [9.17, 15) is 4.79 Å². The smallest absolute Gasteiger partial charge is 0.257 e. The molecule has 20 heavy (non-hydrogen) atoms. The first-order valence-electron chi connectivity index (χ1n) is 6.29. The molecule has 0 fully saturated rings. The molecule has 0 unspecified atom stereocenters. The number of carbonyl (C=O) groups is 1. The third-order valence-electron chi connectivity index (χ3n) is 2.66. The van der Waals surface area contributed by atoms with Gasteiger partial charge in [-0.2, -0.15) is 0 Å². The summed E-state index contributed by atoms with van der Waals surface area (Å²) in [5, 5.41) is 5.23. The summed E-state index contributed by atoms with van der Waals surface area (Å²) < 4.78 is 5.38. The van der Waals surface area contributed by atoms with Gasteiger partial charge in [-0.15, -0.1) is 11.3 Å². The third-order valence-corrected chi connectivity index (χ3v) is 3.39.